The van der Waals surface area contributed by atoms with E-state index in [0.29, 0.717) is 28.5 Å². The molecule has 0 saturated heterocycles. The predicted octanol–water partition coefficient (Wildman–Crippen LogP) is 6.23. The summed E-state index contributed by atoms with van der Waals surface area (Å²) < 4.78 is 6.08. The van der Waals surface area contributed by atoms with Gasteiger partial charge in [-0.2, -0.15) is 0 Å². The Kier molecular flexibility index (Phi) is 5.97. The number of rotatable bonds is 7. The van der Waals surface area contributed by atoms with Crippen LogP contribution in [0.15, 0.2) is 65.8 Å². The summed E-state index contributed by atoms with van der Waals surface area (Å²) in [6, 6.07) is 19.7. The first-order valence-electron chi connectivity index (χ1n) is 9.39. The number of ketones is 1. The third-order valence-electron chi connectivity index (χ3n) is 4.91. The number of ether oxygens (including phenoxy) is 1. The molecule has 0 N–H and O–H groups in total. The lowest BCUT2D eigenvalue weighted by molar-refractivity contribution is 0.0720. The van der Waals surface area contributed by atoms with Crippen molar-refractivity contribution in [1.82, 2.24) is 0 Å². The zero-order valence-corrected chi connectivity index (χ0v) is 17.5. The highest BCUT2D eigenvalue weighted by Gasteiger charge is 2.23. The summed E-state index contributed by atoms with van der Waals surface area (Å²) in [7, 11) is 1.68. The van der Waals surface area contributed by atoms with Crippen molar-refractivity contribution >= 4 is 34.4 Å². The molecule has 0 fully saturated rings. The molecule has 29 heavy (non-hydrogen) atoms. The van der Waals surface area contributed by atoms with Gasteiger partial charge in [0.2, 0.25) is 0 Å². The van der Waals surface area contributed by atoms with Gasteiger partial charge < -0.3 is 9.57 Å². The number of oxime groups is 1. The average Bonchev–Trinajstić information content (AvgIpc) is 3.41. The number of Topliss-reactive ketones (excluding diaryl/α,β-unsaturated/α-hetero) is 1. The van der Waals surface area contributed by atoms with Crippen LogP contribution in [0.3, 0.4) is 0 Å². The van der Waals surface area contributed by atoms with E-state index in [0.717, 1.165) is 28.2 Å². The lowest BCUT2D eigenvalue weighted by Crippen LogP contribution is -2.11. The van der Waals surface area contributed by atoms with Crippen molar-refractivity contribution in [2.24, 2.45) is 5.16 Å². The Morgan fingerprint density at radius 1 is 1.14 bits per heavy atom. The molecule has 1 aromatic heterocycles. The van der Waals surface area contributed by atoms with E-state index in [1.165, 1.54) is 11.3 Å². The first kappa shape index (κ1) is 19.7. The molecule has 1 aliphatic rings. The largest absolute Gasteiger partial charge is 0.496 e. The molecule has 1 aliphatic heterocycles. The van der Waals surface area contributed by atoms with E-state index in [2.05, 4.69) is 17.3 Å². The van der Waals surface area contributed by atoms with Crippen molar-refractivity contribution in [3.8, 4) is 16.9 Å². The first-order chi connectivity index (χ1) is 14.1. The number of methoxy groups -OCH3 is 1. The minimum atomic E-state index is -0.0710. The summed E-state index contributed by atoms with van der Waals surface area (Å²) in [6.07, 6.45) is 1.70. The van der Waals surface area contributed by atoms with Crippen molar-refractivity contribution in [2.45, 2.75) is 25.4 Å². The van der Waals surface area contributed by atoms with Crippen LogP contribution in [0.1, 0.15) is 34.5 Å². The molecule has 0 spiro atoms. The fraction of sp³-hybridized carbons (Fsp3) is 0.217. The van der Waals surface area contributed by atoms with Gasteiger partial charge in [-0.05, 0) is 35.7 Å². The highest BCUT2D eigenvalue weighted by atomic mass is 35.5. The molecular weight excluding hydrogens is 406 g/mol. The number of carbonyl (C=O) groups is 1. The fourth-order valence-electron chi connectivity index (χ4n) is 3.36. The van der Waals surface area contributed by atoms with Crippen LogP contribution in [-0.4, -0.2) is 24.7 Å². The summed E-state index contributed by atoms with van der Waals surface area (Å²) in [5.41, 5.74) is 4.08. The van der Waals surface area contributed by atoms with Crippen molar-refractivity contribution in [1.29, 1.82) is 0 Å². The summed E-state index contributed by atoms with van der Waals surface area (Å²) in [5, 5.41) is 4.24. The van der Waals surface area contributed by atoms with Gasteiger partial charge in [0, 0.05) is 18.4 Å². The van der Waals surface area contributed by atoms with E-state index < -0.39 is 0 Å². The van der Waals surface area contributed by atoms with Crippen molar-refractivity contribution in [3.63, 3.8) is 0 Å². The van der Waals surface area contributed by atoms with Crippen LogP contribution in [0.5, 0.6) is 5.75 Å². The quantitative estimate of drug-likeness (QED) is 0.421. The Balaban J connectivity index is 1.36. The molecule has 2 aromatic carbocycles. The molecule has 1 atom stereocenters. The molecule has 148 valence electrons. The number of carbonyl (C=O) groups excluding carboxylic acids is 1. The Labute approximate surface area is 178 Å². The van der Waals surface area contributed by atoms with Crippen LogP contribution >= 0.6 is 22.9 Å². The van der Waals surface area contributed by atoms with Gasteiger partial charge in [-0.3, -0.25) is 4.79 Å². The van der Waals surface area contributed by atoms with Crippen molar-refractivity contribution in [3.05, 3.63) is 75.4 Å². The number of hydrogen-bond acceptors (Lipinski definition) is 5. The second kappa shape index (κ2) is 8.80. The summed E-state index contributed by atoms with van der Waals surface area (Å²) in [6.45, 7) is 0. The van der Waals surface area contributed by atoms with Crippen LogP contribution in [0.4, 0.5) is 0 Å². The molecule has 6 heteroatoms. The molecule has 1 unspecified atom stereocenters. The Bertz CT molecular complexity index is 1040. The van der Waals surface area contributed by atoms with E-state index >= 15 is 0 Å². The van der Waals surface area contributed by atoms with E-state index in [4.69, 9.17) is 21.2 Å². The van der Waals surface area contributed by atoms with Crippen LogP contribution in [-0.2, 0) is 4.84 Å². The maximum atomic E-state index is 12.2. The number of nitrogens with zero attached hydrogens (tertiary/aromatic N) is 1. The molecule has 0 bridgehead atoms. The fourth-order valence-corrected chi connectivity index (χ4v) is 4.37. The molecule has 0 saturated carbocycles. The van der Waals surface area contributed by atoms with Crippen LogP contribution in [0.25, 0.3) is 11.1 Å². The monoisotopic (exact) mass is 425 g/mol. The second-order valence-corrected chi connectivity index (χ2v) is 8.53. The van der Waals surface area contributed by atoms with Gasteiger partial charge in [0.15, 0.2) is 5.78 Å². The summed E-state index contributed by atoms with van der Waals surface area (Å²) in [5.74, 6) is 0.943. The number of benzene rings is 2. The van der Waals surface area contributed by atoms with Gasteiger partial charge in [0.05, 0.1) is 22.0 Å². The molecular formula is C23H20ClNO3S. The van der Waals surface area contributed by atoms with E-state index in [1.807, 2.05) is 36.4 Å². The normalized spacial score (nSPS) is 15.7. The van der Waals surface area contributed by atoms with Gasteiger partial charge in [-0.25, -0.2) is 0 Å². The minimum absolute atomic E-state index is 0.0710. The lowest BCUT2D eigenvalue weighted by atomic mass is 9.98. The van der Waals surface area contributed by atoms with E-state index in [1.54, 1.807) is 19.2 Å². The zero-order chi connectivity index (χ0) is 20.2. The second-order valence-electron chi connectivity index (χ2n) is 6.81. The van der Waals surface area contributed by atoms with Crippen LogP contribution in [0.2, 0.25) is 4.34 Å². The van der Waals surface area contributed by atoms with Crippen molar-refractivity contribution < 1.29 is 14.4 Å². The van der Waals surface area contributed by atoms with E-state index in [9.17, 15) is 4.79 Å². The van der Waals surface area contributed by atoms with E-state index in [-0.39, 0.29) is 11.9 Å². The van der Waals surface area contributed by atoms with Gasteiger partial charge in [-0.1, -0.05) is 59.2 Å². The van der Waals surface area contributed by atoms with Gasteiger partial charge in [0.1, 0.15) is 11.9 Å². The third kappa shape index (κ3) is 4.52. The smallest absolute Gasteiger partial charge is 0.172 e. The van der Waals surface area contributed by atoms with Gasteiger partial charge >= 0.3 is 0 Å². The molecule has 4 rings (SSSR count). The summed E-state index contributed by atoms with van der Waals surface area (Å²) in [4.78, 5) is 18.5. The molecule has 0 radical (unpaired) electrons. The first-order valence-corrected chi connectivity index (χ1v) is 10.6. The number of halogens is 1. The standard InChI is InChI=1S/C23H20ClNO3S/c1-27-21-5-3-2-4-18(21)15-6-8-16(9-7-15)19-14-17(28-25-19)10-11-20(26)22-12-13-23(24)29-22/h2-9,12-13,17H,10-11,14H2,1H3. The molecule has 0 aliphatic carbocycles. The summed E-state index contributed by atoms with van der Waals surface area (Å²) >= 11 is 7.22. The molecule has 4 nitrogen and oxygen atoms in total. The van der Waals surface area contributed by atoms with Gasteiger partial charge in [0.25, 0.3) is 0 Å². The lowest BCUT2D eigenvalue weighted by Gasteiger charge is -2.09. The number of para-hydroxylation sites is 1. The Hall–Kier alpha value is -2.63. The average molecular weight is 426 g/mol. The molecule has 2 heterocycles. The minimum Gasteiger partial charge on any atom is -0.496 e. The molecule has 3 aromatic rings. The topological polar surface area (TPSA) is 47.9 Å². The van der Waals surface area contributed by atoms with Gasteiger partial charge in [-0.15, -0.1) is 11.3 Å². The third-order valence-corrected chi connectivity index (χ3v) is 6.18. The highest BCUT2D eigenvalue weighted by Crippen LogP contribution is 2.30. The van der Waals surface area contributed by atoms with Crippen LogP contribution in [0, 0.1) is 0 Å². The maximum absolute atomic E-state index is 12.2. The number of thiophene rings is 1. The molecule has 0 amide bonds. The number of hydrogen-bond donors (Lipinski definition) is 0. The SMILES string of the molecule is COc1ccccc1-c1ccc(C2=NOC(CCC(=O)c3ccc(Cl)s3)C2)cc1. The Morgan fingerprint density at radius 3 is 2.62 bits per heavy atom. The zero-order valence-electron chi connectivity index (χ0n) is 15.9. The maximum Gasteiger partial charge on any atom is 0.172 e. The Morgan fingerprint density at radius 2 is 1.90 bits per heavy atom. The predicted molar refractivity (Wildman–Crippen MR) is 117 cm³/mol. The highest BCUT2D eigenvalue weighted by molar-refractivity contribution is 7.18. The van der Waals surface area contributed by atoms with Crippen molar-refractivity contribution in [2.75, 3.05) is 7.11 Å². The van der Waals surface area contributed by atoms with Crippen LogP contribution < -0.4 is 4.74 Å².